The van der Waals surface area contributed by atoms with Gasteiger partial charge in [-0.25, -0.2) is 4.99 Å². The van der Waals surface area contributed by atoms with Crippen molar-refractivity contribution in [2.75, 3.05) is 38.6 Å². The molecule has 9 heteroatoms. The number of anilines is 1. The minimum atomic E-state index is -0.378. The molecule has 0 saturated carbocycles. The van der Waals surface area contributed by atoms with Gasteiger partial charge >= 0.3 is 5.97 Å². The molecule has 0 fully saturated rings. The predicted molar refractivity (Wildman–Crippen MR) is 125 cm³/mol. The van der Waals surface area contributed by atoms with Gasteiger partial charge in [0.2, 0.25) is 0 Å². The molecule has 168 valence electrons. The van der Waals surface area contributed by atoms with Crippen molar-refractivity contribution < 1.29 is 28.5 Å². The Morgan fingerprint density at radius 3 is 2.34 bits per heavy atom. The van der Waals surface area contributed by atoms with Crippen molar-refractivity contribution in [3.05, 3.63) is 53.7 Å². The largest absolute Gasteiger partial charge is 0.497 e. The first-order valence-corrected chi connectivity index (χ1v) is 10.8. The van der Waals surface area contributed by atoms with Gasteiger partial charge < -0.3 is 18.9 Å². The number of amides is 1. The van der Waals surface area contributed by atoms with E-state index < -0.39 is 0 Å². The normalized spacial score (nSPS) is 14.4. The van der Waals surface area contributed by atoms with Crippen LogP contribution in [0, 0.1) is 0 Å². The molecule has 0 saturated heterocycles. The first-order valence-electron chi connectivity index (χ1n) is 9.80. The Kier molecular flexibility index (Phi) is 7.77. The van der Waals surface area contributed by atoms with E-state index in [-0.39, 0.29) is 29.9 Å². The summed E-state index contributed by atoms with van der Waals surface area (Å²) in [6.07, 6.45) is 1.65. The van der Waals surface area contributed by atoms with E-state index >= 15 is 0 Å². The molecule has 0 aromatic heterocycles. The molecule has 0 aliphatic carbocycles. The molecule has 32 heavy (non-hydrogen) atoms. The number of ether oxygens (including phenoxy) is 4. The molecule has 1 aliphatic rings. The van der Waals surface area contributed by atoms with Crippen LogP contribution in [-0.2, 0) is 14.3 Å². The second-order valence-corrected chi connectivity index (χ2v) is 7.41. The Hall–Kier alpha value is -3.46. The molecular weight excluding hydrogens is 432 g/mol. The van der Waals surface area contributed by atoms with Gasteiger partial charge in [-0.1, -0.05) is 11.8 Å². The Bertz CT molecular complexity index is 1050. The van der Waals surface area contributed by atoms with Crippen LogP contribution in [0.1, 0.15) is 12.5 Å². The van der Waals surface area contributed by atoms with E-state index in [1.165, 1.54) is 4.90 Å². The quantitative estimate of drug-likeness (QED) is 0.442. The standard InChI is InChI=1S/C23H24N2O6S/c1-5-31-21(26)14-32-23-24-19(12-15-6-9-18(29-3)13-20(15)30-4)22(27)25(23)16-7-10-17(28-2)11-8-16/h6-13H,5,14H2,1-4H3/b19-12-. The molecule has 8 nitrogen and oxygen atoms in total. The third-order valence-electron chi connectivity index (χ3n) is 4.52. The fourth-order valence-electron chi connectivity index (χ4n) is 2.96. The number of esters is 1. The van der Waals surface area contributed by atoms with Crippen molar-refractivity contribution in [2.45, 2.75) is 6.92 Å². The number of carbonyl (C=O) groups is 2. The number of benzene rings is 2. The molecule has 0 spiro atoms. The monoisotopic (exact) mass is 456 g/mol. The maximum Gasteiger partial charge on any atom is 0.316 e. The average molecular weight is 457 g/mol. The highest BCUT2D eigenvalue weighted by molar-refractivity contribution is 8.14. The molecule has 1 amide bonds. The van der Waals surface area contributed by atoms with Crippen LogP contribution in [0.5, 0.6) is 17.2 Å². The number of amidine groups is 1. The summed E-state index contributed by atoms with van der Waals surface area (Å²) in [7, 11) is 4.68. The lowest BCUT2D eigenvalue weighted by Crippen LogP contribution is -2.30. The summed E-state index contributed by atoms with van der Waals surface area (Å²) < 4.78 is 20.8. The van der Waals surface area contributed by atoms with E-state index in [2.05, 4.69) is 4.99 Å². The topological polar surface area (TPSA) is 86.7 Å². The average Bonchev–Trinajstić information content (AvgIpc) is 3.13. The number of thioether (sulfide) groups is 1. The highest BCUT2D eigenvalue weighted by Gasteiger charge is 2.32. The molecular formula is C23H24N2O6S. The number of rotatable bonds is 8. The van der Waals surface area contributed by atoms with Crippen LogP contribution in [-0.4, -0.2) is 50.7 Å². The zero-order valence-electron chi connectivity index (χ0n) is 18.3. The summed E-state index contributed by atoms with van der Waals surface area (Å²) in [5.41, 5.74) is 1.50. The Morgan fingerprint density at radius 1 is 1.03 bits per heavy atom. The lowest BCUT2D eigenvalue weighted by Gasteiger charge is -2.18. The number of carbonyl (C=O) groups excluding carboxylic acids is 2. The van der Waals surface area contributed by atoms with Crippen molar-refractivity contribution in [2.24, 2.45) is 4.99 Å². The minimum Gasteiger partial charge on any atom is -0.497 e. The second-order valence-electron chi connectivity index (χ2n) is 6.46. The Morgan fingerprint density at radius 2 is 1.72 bits per heavy atom. The van der Waals surface area contributed by atoms with Crippen molar-refractivity contribution in [3.63, 3.8) is 0 Å². The van der Waals surface area contributed by atoms with Gasteiger partial charge in [0.25, 0.3) is 5.91 Å². The molecule has 2 aromatic carbocycles. The molecule has 3 rings (SSSR count). The first-order chi connectivity index (χ1) is 15.5. The molecule has 0 N–H and O–H groups in total. The molecule has 0 atom stereocenters. The van der Waals surface area contributed by atoms with Crippen LogP contribution in [0.25, 0.3) is 6.08 Å². The summed E-state index contributed by atoms with van der Waals surface area (Å²) >= 11 is 1.14. The van der Waals surface area contributed by atoms with Gasteiger partial charge in [0.15, 0.2) is 5.17 Å². The van der Waals surface area contributed by atoms with E-state index in [0.29, 0.717) is 33.7 Å². The smallest absolute Gasteiger partial charge is 0.316 e. The highest BCUT2D eigenvalue weighted by atomic mass is 32.2. The first kappa shape index (κ1) is 23.2. The summed E-state index contributed by atoms with van der Waals surface area (Å²) in [5, 5.41) is 0.381. The molecule has 0 unspecified atom stereocenters. The van der Waals surface area contributed by atoms with Crippen molar-refractivity contribution in [3.8, 4) is 17.2 Å². The zero-order chi connectivity index (χ0) is 23.1. The van der Waals surface area contributed by atoms with Crippen LogP contribution in [0.4, 0.5) is 5.69 Å². The summed E-state index contributed by atoms with van der Waals surface area (Å²) in [6.45, 7) is 2.03. The van der Waals surface area contributed by atoms with Gasteiger partial charge in [-0.05, 0) is 49.4 Å². The van der Waals surface area contributed by atoms with Gasteiger partial charge in [-0.15, -0.1) is 0 Å². The fourth-order valence-corrected chi connectivity index (χ4v) is 3.77. The lowest BCUT2D eigenvalue weighted by molar-refractivity contribution is -0.139. The number of hydrogen-bond acceptors (Lipinski definition) is 8. The van der Waals surface area contributed by atoms with Crippen molar-refractivity contribution in [1.29, 1.82) is 0 Å². The van der Waals surface area contributed by atoms with Gasteiger partial charge in [0.1, 0.15) is 22.9 Å². The van der Waals surface area contributed by atoms with Gasteiger partial charge in [0.05, 0.1) is 39.4 Å². The van der Waals surface area contributed by atoms with Crippen LogP contribution < -0.4 is 19.1 Å². The van der Waals surface area contributed by atoms with E-state index in [4.69, 9.17) is 18.9 Å². The van der Waals surface area contributed by atoms with Crippen LogP contribution >= 0.6 is 11.8 Å². The summed E-state index contributed by atoms with van der Waals surface area (Å²) in [6, 6.07) is 12.3. The fraction of sp³-hybridized carbons (Fsp3) is 0.261. The van der Waals surface area contributed by atoms with Crippen molar-refractivity contribution in [1.82, 2.24) is 0 Å². The molecule has 1 heterocycles. The maximum absolute atomic E-state index is 13.3. The number of nitrogens with zero attached hydrogens (tertiary/aromatic N) is 2. The van der Waals surface area contributed by atoms with Crippen LogP contribution in [0.2, 0.25) is 0 Å². The summed E-state index contributed by atoms with van der Waals surface area (Å²) in [4.78, 5) is 31.1. The zero-order valence-corrected chi connectivity index (χ0v) is 19.1. The molecule has 0 bridgehead atoms. The number of hydrogen-bond donors (Lipinski definition) is 0. The maximum atomic E-state index is 13.3. The van der Waals surface area contributed by atoms with E-state index in [0.717, 1.165) is 11.8 Å². The lowest BCUT2D eigenvalue weighted by atomic mass is 10.1. The van der Waals surface area contributed by atoms with Gasteiger partial charge in [-0.3, -0.25) is 14.5 Å². The van der Waals surface area contributed by atoms with Crippen molar-refractivity contribution >= 4 is 40.6 Å². The molecule has 0 radical (unpaired) electrons. The minimum absolute atomic E-state index is 0.0335. The number of aliphatic imine (C=N–C) groups is 1. The molecule has 1 aliphatic heterocycles. The summed E-state index contributed by atoms with van der Waals surface area (Å²) in [5.74, 6) is 1.18. The highest BCUT2D eigenvalue weighted by Crippen LogP contribution is 2.33. The van der Waals surface area contributed by atoms with Gasteiger partial charge in [0, 0.05) is 11.6 Å². The Labute approximate surface area is 190 Å². The number of methoxy groups -OCH3 is 3. The third kappa shape index (κ3) is 5.23. The molecule has 2 aromatic rings. The second kappa shape index (κ2) is 10.7. The predicted octanol–water partition coefficient (Wildman–Crippen LogP) is 3.75. The van der Waals surface area contributed by atoms with E-state index in [1.54, 1.807) is 76.8 Å². The van der Waals surface area contributed by atoms with E-state index in [9.17, 15) is 9.59 Å². The van der Waals surface area contributed by atoms with E-state index in [1.807, 2.05) is 0 Å². The van der Waals surface area contributed by atoms with Gasteiger partial charge in [-0.2, -0.15) is 0 Å². The Balaban J connectivity index is 1.97. The SMILES string of the molecule is CCOC(=O)CSC1=N/C(=C\c2ccc(OC)cc2OC)C(=O)N1c1ccc(OC)cc1. The van der Waals surface area contributed by atoms with Crippen LogP contribution in [0.3, 0.4) is 0 Å². The van der Waals surface area contributed by atoms with Crippen LogP contribution in [0.15, 0.2) is 53.2 Å². The third-order valence-corrected chi connectivity index (χ3v) is 5.43.